The molecule has 2 aromatic carbocycles. The Bertz CT molecular complexity index is 1010. The molecule has 2 aromatic rings. The quantitative estimate of drug-likeness (QED) is 0.617. The highest BCUT2D eigenvalue weighted by atomic mass is 35.5. The van der Waals surface area contributed by atoms with Crippen molar-refractivity contribution in [2.45, 2.75) is 39.7 Å². The fourth-order valence-electron chi connectivity index (χ4n) is 3.77. The van der Waals surface area contributed by atoms with Crippen LogP contribution < -0.4 is 4.90 Å². The van der Waals surface area contributed by atoms with Crippen molar-refractivity contribution in [1.29, 1.82) is 0 Å². The van der Waals surface area contributed by atoms with Gasteiger partial charge in [-0.15, -0.1) is 0 Å². The summed E-state index contributed by atoms with van der Waals surface area (Å²) in [6.07, 6.45) is 0.199. The molecular formula is C26H32ClN3O4. The van der Waals surface area contributed by atoms with Crippen molar-refractivity contribution in [2.24, 2.45) is 0 Å². The molecule has 0 N–H and O–H groups in total. The SMILES string of the molecule is CC(=O)N(C(=O)OC(C)(C)C)c1ccc(C(=O)N2CCN(CCc3ccc(Cl)cc3)CC2)cc1. The Morgan fingerprint density at radius 3 is 2.06 bits per heavy atom. The summed E-state index contributed by atoms with van der Waals surface area (Å²) in [4.78, 5) is 42.7. The Kier molecular flexibility index (Phi) is 8.33. The van der Waals surface area contributed by atoms with E-state index in [9.17, 15) is 14.4 Å². The highest BCUT2D eigenvalue weighted by molar-refractivity contribution is 6.30. The normalized spacial score (nSPS) is 14.6. The van der Waals surface area contributed by atoms with Crippen LogP contribution in [0, 0.1) is 0 Å². The Labute approximate surface area is 206 Å². The Morgan fingerprint density at radius 2 is 1.53 bits per heavy atom. The van der Waals surface area contributed by atoms with Crippen LogP contribution in [0.2, 0.25) is 5.02 Å². The number of piperazine rings is 1. The summed E-state index contributed by atoms with van der Waals surface area (Å²) in [6, 6.07) is 14.4. The van der Waals surface area contributed by atoms with E-state index in [1.165, 1.54) is 12.5 Å². The summed E-state index contributed by atoms with van der Waals surface area (Å²) < 4.78 is 5.33. The second-order valence-electron chi connectivity index (χ2n) is 9.39. The van der Waals surface area contributed by atoms with E-state index in [2.05, 4.69) is 4.90 Å². The first kappa shape index (κ1) is 25.7. The van der Waals surface area contributed by atoms with Gasteiger partial charge >= 0.3 is 6.09 Å². The third-order valence-corrected chi connectivity index (χ3v) is 5.80. The van der Waals surface area contributed by atoms with Crippen LogP contribution in [0.3, 0.4) is 0 Å². The van der Waals surface area contributed by atoms with Crippen molar-refractivity contribution in [3.63, 3.8) is 0 Å². The molecule has 1 aliphatic heterocycles. The summed E-state index contributed by atoms with van der Waals surface area (Å²) in [5.41, 5.74) is 1.41. The summed E-state index contributed by atoms with van der Waals surface area (Å²) in [7, 11) is 0. The second-order valence-corrected chi connectivity index (χ2v) is 9.83. The summed E-state index contributed by atoms with van der Waals surface area (Å²) in [5, 5.41) is 0.739. The molecule has 0 atom stereocenters. The zero-order chi connectivity index (χ0) is 24.9. The summed E-state index contributed by atoms with van der Waals surface area (Å²) >= 11 is 5.95. The smallest absolute Gasteiger partial charge is 0.421 e. The number of rotatable bonds is 5. The minimum atomic E-state index is -0.742. The molecule has 1 saturated heterocycles. The highest BCUT2D eigenvalue weighted by Gasteiger charge is 2.27. The fourth-order valence-corrected chi connectivity index (χ4v) is 3.90. The van der Waals surface area contributed by atoms with Gasteiger partial charge in [-0.3, -0.25) is 14.5 Å². The maximum Gasteiger partial charge on any atom is 0.421 e. The number of halogens is 1. The van der Waals surface area contributed by atoms with Crippen molar-refractivity contribution in [3.8, 4) is 0 Å². The van der Waals surface area contributed by atoms with Crippen molar-refractivity contribution in [3.05, 3.63) is 64.7 Å². The predicted molar refractivity (Wildman–Crippen MR) is 133 cm³/mol. The Morgan fingerprint density at radius 1 is 0.941 bits per heavy atom. The molecule has 34 heavy (non-hydrogen) atoms. The Balaban J connectivity index is 1.55. The second kappa shape index (κ2) is 11.0. The highest BCUT2D eigenvalue weighted by Crippen LogP contribution is 2.21. The van der Waals surface area contributed by atoms with Crippen LogP contribution in [0.4, 0.5) is 10.5 Å². The summed E-state index contributed by atoms with van der Waals surface area (Å²) in [5.74, 6) is -0.515. The topological polar surface area (TPSA) is 70.2 Å². The van der Waals surface area contributed by atoms with Crippen LogP contribution >= 0.6 is 11.6 Å². The predicted octanol–water partition coefficient (Wildman–Crippen LogP) is 4.63. The van der Waals surface area contributed by atoms with E-state index in [0.29, 0.717) is 24.3 Å². The van der Waals surface area contributed by atoms with Gasteiger partial charge in [0.15, 0.2) is 0 Å². The lowest BCUT2D eigenvalue weighted by Gasteiger charge is -2.34. The molecule has 1 aliphatic rings. The lowest BCUT2D eigenvalue weighted by Crippen LogP contribution is -2.49. The van der Waals surface area contributed by atoms with Crippen molar-refractivity contribution >= 4 is 35.2 Å². The van der Waals surface area contributed by atoms with Gasteiger partial charge in [-0.05, 0) is 69.2 Å². The molecule has 0 unspecified atom stereocenters. The lowest BCUT2D eigenvalue weighted by molar-refractivity contribution is -0.116. The number of amides is 3. The van der Waals surface area contributed by atoms with Gasteiger partial charge in [-0.1, -0.05) is 23.7 Å². The first-order valence-corrected chi connectivity index (χ1v) is 11.8. The van der Waals surface area contributed by atoms with Gasteiger partial charge in [-0.2, -0.15) is 0 Å². The van der Waals surface area contributed by atoms with Crippen LogP contribution in [0.15, 0.2) is 48.5 Å². The fraction of sp³-hybridized carbons (Fsp3) is 0.423. The number of carbonyl (C=O) groups is 3. The molecule has 0 saturated carbocycles. The van der Waals surface area contributed by atoms with Gasteiger partial charge in [0, 0.05) is 50.2 Å². The van der Waals surface area contributed by atoms with Gasteiger partial charge in [0.25, 0.3) is 5.91 Å². The van der Waals surface area contributed by atoms with E-state index in [1.807, 2.05) is 29.2 Å². The molecule has 0 aromatic heterocycles. The number of hydrogen-bond acceptors (Lipinski definition) is 5. The molecule has 3 rings (SSSR count). The van der Waals surface area contributed by atoms with Gasteiger partial charge in [0.1, 0.15) is 5.60 Å². The molecular weight excluding hydrogens is 454 g/mol. The third-order valence-electron chi connectivity index (χ3n) is 5.55. The van der Waals surface area contributed by atoms with E-state index in [-0.39, 0.29) is 5.91 Å². The van der Waals surface area contributed by atoms with Gasteiger partial charge < -0.3 is 9.64 Å². The van der Waals surface area contributed by atoms with Crippen LogP contribution in [0.25, 0.3) is 0 Å². The van der Waals surface area contributed by atoms with Crippen molar-refractivity contribution in [2.75, 3.05) is 37.6 Å². The number of carbonyl (C=O) groups excluding carboxylic acids is 3. The van der Waals surface area contributed by atoms with Crippen molar-refractivity contribution in [1.82, 2.24) is 9.80 Å². The number of ether oxygens (including phenoxy) is 1. The van der Waals surface area contributed by atoms with Gasteiger partial charge in [-0.25, -0.2) is 9.69 Å². The number of imide groups is 1. The molecule has 1 fully saturated rings. The van der Waals surface area contributed by atoms with Crippen LogP contribution in [-0.4, -0.2) is 66.0 Å². The minimum absolute atomic E-state index is 0.0597. The molecule has 1 heterocycles. The molecule has 0 spiro atoms. The number of hydrogen-bond donors (Lipinski definition) is 0. The Hall–Kier alpha value is -2.90. The average molecular weight is 486 g/mol. The maximum absolute atomic E-state index is 13.0. The first-order chi connectivity index (χ1) is 16.0. The van der Waals surface area contributed by atoms with E-state index < -0.39 is 17.6 Å². The number of benzene rings is 2. The molecule has 7 nitrogen and oxygen atoms in total. The first-order valence-electron chi connectivity index (χ1n) is 11.4. The van der Waals surface area contributed by atoms with Crippen molar-refractivity contribution < 1.29 is 19.1 Å². The number of nitrogens with zero attached hydrogens (tertiary/aromatic N) is 3. The van der Waals surface area contributed by atoms with Crippen LogP contribution in [0.1, 0.15) is 43.6 Å². The van der Waals surface area contributed by atoms with E-state index in [1.54, 1.807) is 45.0 Å². The monoisotopic (exact) mass is 485 g/mol. The summed E-state index contributed by atoms with van der Waals surface area (Å²) in [6.45, 7) is 10.4. The van der Waals surface area contributed by atoms with Gasteiger partial charge in [0.2, 0.25) is 5.91 Å². The molecule has 0 bridgehead atoms. The molecule has 0 radical (unpaired) electrons. The zero-order valence-electron chi connectivity index (χ0n) is 20.2. The molecule has 3 amide bonds. The van der Waals surface area contributed by atoms with Crippen LogP contribution in [0.5, 0.6) is 0 Å². The minimum Gasteiger partial charge on any atom is -0.443 e. The van der Waals surface area contributed by atoms with E-state index >= 15 is 0 Å². The third kappa shape index (κ3) is 7.05. The average Bonchev–Trinajstić information content (AvgIpc) is 2.78. The zero-order valence-corrected chi connectivity index (χ0v) is 21.0. The molecule has 182 valence electrons. The maximum atomic E-state index is 13.0. The lowest BCUT2D eigenvalue weighted by atomic mass is 10.1. The number of anilines is 1. The van der Waals surface area contributed by atoms with Crippen LogP contribution in [-0.2, 0) is 16.0 Å². The van der Waals surface area contributed by atoms with E-state index in [0.717, 1.165) is 36.0 Å². The molecule has 8 heteroatoms. The standard InChI is InChI=1S/C26H32ClN3O4/c1-19(31)30(25(33)34-26(2,3)4)23-11-7-21(8-12-23)24(32)29-17-15-28(16-18-29)14-13-20-5-9-22(27)10-6-20/h5-12H,13-18H2,1-4H3. The largest absolute Gasteiger partial charge is 0.443 e. The van der Waals surface area contributed by atoms with Gasteiger partial charge in [0.05, 0.1) is 5.69 Å². The molecule has 0 aliphatic carbocycles. The van der Waals surface area contributed by atoms with E-state index in [4.69, 9.17) is 16.3 Å².